The predicted molar refractivity (Wildman–Crippen MR) is 93.9 cm³/mol. The van der Waals surface area contributed by atoms with E-state index in [1.54, 1.807) is 12.2 Å². The quantitative estimate of drug-likeness (QED) is 0.742. The van der Waals surface area contributed by atoms with Crippen LogP contribution in [0.2, 0.25) is 5.02 Å². The van der Waals surface area contributed by atoms with Crippen molar-refractivity contribution in [3.05, 3.63) is 70.0 Å². The van der Waals surface area contributed by atoms with E-state index in [9.17, 15) is 4.79 Å². The number of benzene rings is 2. The van der Waals surface area contributed by atoms with E-state index < -0.39 is 5.97 Å². The minimum absolute atomic E-state index is 0.0998. The maximum Gasteiger partial charge on any atom is 0.358 e. The maximum absolute atomic E-state index is 11.0. The maximum atomic E-state index is 11.0. The molecule has 0 amide bonds. The summed E-state index contributed by atoms with van der Waals surface area (Å²) in [5.41, 5.74) is 4.26. The second-order valence-corrected chi connectivity index (χ2v) is 5.69. The van der Waals surface area contributed by atoms with Crippen LogP contribution in [0.15, 0.2) is 42.5 Å². The summed E-state index contributed by atoms with van der Waals surface area (Å²) >= 11 is 6.17. The number of nitrogens with one attached hydrogen (secondary N) is 1. The number of hydrogen-bond acceptors (Lipinski definition) is 3. The van der Waals surface area contributed by atoms with Gasteiger partial charge >= 0.3 is 5.97 Å². The summed E-state index contributed by atoms with van der Waals surface area (Å²) in [6, 6.07) is 13.8. The number of carbonyl (C=O) groups is 1. The molecule has 0 aliphatic rings. The number of aromatic amines is 1. The van der Waals surface area contributed by atoms with E-state index in [2.05, 4.69) is 15.4 Å². The highest BCUT2D eigenvalue weighted by atomic mass is 35.5. The Bertz CT molecular complexity index is 914. The number of carboxylic acid groups (broad SMARTS) is 1. The highest BCUT2D eigenvalue weighted by Gasteiger charge is 2.12. The summed E-state index contributed by atoms with van der Waals surface area (Å²) in [4.78, 5) is 11.0. The Balaban J connectivity index is 1.81. The Kier molecular flexibility index (Phi) is 4.44. The van der Waals surface area contributed by atoms with E-state index in [-0.39, 0.29) is 11.4 Å². The second-order valence-electron chi connectivity index (χ2n) is 5.28. The molecule has 1 heterocycles. The molecule has 0 saturated heterocycles. The summed E-state index contributed by atoms with van der Waals surface area (Å²) in [5.74, 6) is -1.12. The van der Waals surface area contributed by atoms with Crippen molar-refractivity contribution in [2.45, 2.75) is 6.92 Å². The molecular formula is C18H14ClN3O2. The van der Waals surface area contributed by atoms with Gasteiger partial charge < -0.3 is 5.11 Å². The van der Waals surface area contributed by atoms with Crippen LogP contribution >= 0.6 is 11.6 Å². The van der Waals surface area contributed by atoms with Crippen molar-refractivity contribution in [2.75, 3.05) is 0 Å². The lowest BCUT2D eigenvalue weighted by molar-refractivity contribution is 0.0690. The fourth-order valence-corrected chi connectivity index (χ4v) is 2.43. The van der Waals surface area contributed by atoms with E-state index in [1.165, 1.54) is 0 Å². The largest absolute Gasteiger partial charge is 0.476 e. The summed E-state index contributed by atoms with van der Waals surface area (Å²) < 4.78 is 0. The zero-order valence-electron chi connectivity index (χ0n) is 12.8. The molecule has 0 radical (unpaired) electrons. The number of rotatable bonds is 4. The minimum atomic E-state index is -1.12. The van der Waals surface area contributed by atoms with E-state index in [4.69, 9.17) is 16.7 Å². The van der Waals surface area contributed by atoms with E-state index in [0.29, 0.717) is 0 Å². The fourth-order valence-electron chi connectivity index (χ4n) is 2.25. The molecule has 2 N–H and O–H groups in total. The third kappa shape index (κ3) is 3.36. The van der Waals surface area contributed by atoms with Gasteiger partial charge in [0.05, 0.1) is 0 Å². The van der Waals surface area contributed by atoms with Crippen LogP contribution in [0.1, 0.15) is 27.3 Å². The van der Waals surface area contributed by atoms with Crippen molar-refractivity contribution in [2.24, 2.45) is 0 Å². The number of carboxylic acids is 1. The van der Waals surface area contributed by atoms with Crippen LogP contribution in [0.25, 0.3) is 23.3 Å². The first-order valence-electron chi connectivity index (χ1n) is 7.23. The Morgan fingerprint density at radius 2 is 1.79 bits per heavy atom. The van der Waals surface area contributed by atoms with E-state index in [0.717, 1.165) is 27.3 Å². The van der Waals surface area contributed by atoms with Gasteiger partial charge in [0.25, 0.3) is 0 Å². The van der Waals surface area contributed by atoms with Crippen LogP contribution in [-0.4, -0.2) is 26.5 Å². The fraction of sp³-hybridized carbons (Fsp3) is 0.0556. The average Bonchev–Trinajstić information content (AvgIpc) is 3.05. The van der Waals surface area contributed by atoms with Gasteiger partial charge in [0.2, 0.25) is 0 Å². The van der Waals surface area contributed by atoms with Gasteiger partial charge in [-0.1, -0.05) is 54.1 Å². The number of hydrogen-bond donors (Lipinski definition) is 2. The smallest absolute Gasteiger partial charge is 0.358 e. The van der Waals surface area contributed by atoms with Crippen molar-refractivity contribution in [1.29, 1.82) is 0 Å². The van der Waals surface area contributed by atoms with Gasteiger partial charge in [0, 0.05) is 5.02 Å². The Labute approximate surface area is 143 Å². The van der Waals surface area contributed by atoms with Crippen molar-refractivity contribution in [3.8, 4) is 11.1 Å². The molecule has 0 bridgehead atoms. The normalized spacial score (nSPS) is 11.1. The third-order valence-electron chi connectivity index (χ3n) is 3.63. The van der Waals surface area contributed by atoms with Crippen molar-refractivity contribution in [1.82, 2.24) is 15.4 Å². The molecule has 0 aliphatic carbocycles. The van der Waals surface area contributed by atoms with Crippen LogP contribution in [0, 0.1) is 6.92 Å². The van der Waals surface area contributed by atoms with Gasteiger partial charge in [-0.3, -0.25) is 0 Å². The number of aromatic carboxylic acids is 1. The SMILES string of the molecule is Cc1ccc(-c2ccc(C=Cc3n[nH]nc3C(=O)O)cc2)cc1Cl. The number of nitrogens with zero attached hydrogens (tertiary/aromatic N) is 2. The molecule has 3 rings (SSSR count). The average molecular weight is 340 g/mol. The van der Waals surface area contributed by atoms with Crippen LogP contribution < -0.4 is 0 Å². The monoisotopic (exact) mass is 339 g/mol. The Hall–Kier alpha value is -2.92. The summed E-state index contributed by atoms with van der Waals surface area (Å²) in [6.45, 7) is 1.97. The first kappa shape index (κ1) is 16.0. The predicted octanol–water partition coefficient (Wildman–Crippen LogP) is 4.30. The van der Waals surface area contributed by atoms with E-state index in [1.807, 2.05) is 49.4 Å². The van der Waals surface area contributed by atoms with Crippen molar-refractivity contribution >= 4 is 29.7 Å². The van der Waals surface area contributed by atoms with Crippen LogP contribution in [-0.2, 0) is 0 Å². The number of aryl methyl sites for hydroxylation is 1. The molecule has 0 fully saturated rings. The highest BCUT2D eigenvalue weighted by molar-refractivity contribution is 6.31. The van der Waals surface area contributed by atoms with Crippen molar-refractivity contribution < 1.29 is 9.90 Å². The zero-order chi connectivity index (χ0) is 17.1. The highest BCUT2D eigenvalue weighted by Crippen LogP contribution is 2.25. The molecule has 3 aromatic rings. The minimum Gasteiger partial charge on any atom is -0.476 e. The Morgan fingerprint density at radius 1 is 1.08 bits per heavy atom. The van der Waals surface area contributed by atoms with Crippen LogP contribution in [0.4, 0.5) is 0 Å². The van der Waals surface area contributed by atoms with Gasteiger partial charge in [-0.05, 0) is 41.3 Å². The summed E-state index contributed by atoms with van der Waals surface area (Å²) in [7, 11) is 0. The van der Waals surface area contributed by atoms with Gasteiger partial charge in [-0.2, -0.15) is 10.3 Å². The molecule has 0 atom stereocenters. The lowest BCUT2D eigenvalue weighted by Gasteiger charge is -2.05. The van der Waals surface area contributed by atoms with Gasteiger partial charge in [0.1, 0.15) is 5.69 Å². The first-order valence-corrected chi connectivity index (χ1v) is 7.61. The van der Waals surface area contributed by atoms with Gasteiger partial charge in [0.15, 0.2) is 5.69 Å². The first-order chi connectivity index (χ1) is 11.5. The topological polar surface area (TPSA) is 78.9 Å². The van der Waals surface area contributed by atoms with E-state index >= 15 is 0 Å². The summed E-state index contributed by atoms with van der Waals surface area (Å²) in [5, 5.41) is 19.5. The number of halogens is 1. The van der Waals surface area contributed by atoms with Crippen molar-refractivity contribution in [3.63, 3.8) is 0 Å². The molecule has 120 valence electrons. The number of aromatic nitrogens is 3. The molecule has 0 aliphatic heterocycles. The zero-order valence-corrected chi connectivity index (χ0v) is 13.6. The molecule has 24 heavy (non-hydrogen) atoms. The second kappa shape index (κ2) is 6.68. The lowest BCUT2D eigenvalue weighted by Crippen LogP contribution is -1.98. The molecule has 0 unspecified atom stereocenters. The standard InChI is InChI=1S/C18H14ClN3O2/c1-11-2-6-14(10-15(11)19)13-7-3-12(4-8-13)5-9-16-17(18(23)24)21-22-20-16/h2-10H,1H3,(H,23,24)(H,20,21,22). The molecule has 0 spiro atoms. The van der Waals surface area contributed by atoms with Gasteiger partial charge in [-0.15, -0.1) is 5.10 Å². The molecule has 6 heteroatoms. The Morgan fingerprint density at radius 3 is 2.46 bits per heavy atom. The molecule has 0 saturated carbocycles. The molecule has 2 aromatic carbocycles. The lowest BCUT2D eigenvalue weighted by atomic mass is 10.0. The van der Waals surface area contributed by atoms with Crippen LogP contribution in [0.3, 0.4) is 0 Å². The number of H-pyrrole nitrogens is 1. The van der Waals surface area contributed by atoms with Gasteiger partial charge in [-0.25, -0.2) is 4.79 Å². The third-order valence-corrected chi connectivity index (χ3v) is 4.03. The van der Waals surface area contributed by atoms with Crippen LogP contribution in [0.5, 0.6) is 0 Å². The summed E-state index contributed by atoms with van der Waals surface area (Å²) in [6.07, 6.45) is 3.40. The molecular weight excluding hydrogens is 326 g/mol. The molecule has 5 nitrogen and oxygen atoms in total. The molecule has 1 aromatic heterocycles.